The number of amides is 4. The van der Waals surface area contributed by atoms with Crippen LogP contribution in [0.1, 0.15) is 49.4 Å². The summed E-state index contributed by atoms with van der Waals surface area (Å²) in [6, 6.07) is 4.25. The third-order valence-corrected chi connectivity index (χ3v) is 3.08. The molecule has 0 atom stereocenters. The van der Waals surface area contributed by atoms with Crippen LogP contribution in [0.15, 0.2) is 24.3 Å². The van der Waals surface area contributed by atoms with Crippen LogP contribution in [0, 0.1) is 10.1 Å². The first-order chi connectivity index (χ1) is 11.0. The van der Waals surface area contributed by atoms with Crippen LogP contribution in [-0.2, 0) is 4.79 Å². The molecule has 0 aromatic heterocycles. The van der Waals surface area contributed by atoms with E-state index in [0.29, 0.717) is 6.42 Å². The Kier molecular flexibility index (Phi) is 7.38. The molecule has 1 rings (SSSR count). The Balaban J connectivity index is 2.53. The fraction of sp³-hybridized carbons (Fsp3) is 0.400. The number of para-hydroxylation sites is 1. The first-order valence-electron chi connectivity index (χ1n) is 7.34. The molecule has 8 heteroatoms. The average molecular weight is 321 g/mol. The van der Waals surface area contributed by atoms with Crippen molar-refractivity contribution in [3.63, 3.8) is 0 Å². The van der Waals surface area contributed by atoms with Crippen molar-refractivity contribution in [2.75, 3.05) is 0 Å². The van der Waals surface area contributed by atoms with E-state index in [1.165, 1.54) is 18.2 Å². The van der Waals surface area contributed by atoms with Crippen molar-refractivity contribution < 1.29 is 19.3 Å². The second-order valence-electron chi connectivity index (χ2n) is 4.92. The van der Waals surface area contributed by atoms with E-state index in [4.69, 9.17) is 0 Å². The van der Waals surface area contributed by atoms with E-state index in [1.54, 1.807) is 0 Å². The first kappa shape index (κ1) is 18.3. The fourth-order valence-electron chi connectivity index (χ4n) is 1.93. The summed E-state index contributed by atoms with van der Waals surface area (Å²) in [5, 5.41) is 14.8. The van der Waals surface area contributed by atoms with E-state index in [0.717, 1.165) is 25.3 Å². The summed E-state index contributed by atoms with van der Waals surface area (Å²) >= 11 is 0. The van der Waals surface area contributed by atoms with Crippen molar-refractivity contribution in [1.29, 1.82) is 0 Å². The highest BCUT2D eigenvalue weighted by Gasteiger charge is 2.21. The molecule has 0 aliphatic rings. The van der Waals surface area contributed by atoms with E-state index in [2.05, 4.69) is 0 Å². The molecule has 0 radical (unpaired) electrons. The largest absolute Gasteiger partial charge is 0.328 e. The Bertz CT molecular complexity index is 601. The quantitative estimate of drug-likeness (QED) is 0.454. The number of nitrogens with one attached hydrogen (secondary N) is 2. The van der Waals surface area contributed by atoms with Crippen molar-refractivity contribution in [3.8, 4) is 0 Å². The number of unbranched alkanes of at least 4 members (excludes halogenated alkanes) is 3. The molecular weight excluding hydrogens is 302 g/mol. The normalized spacial score (nSPS) is 9.96. The molecule has 23 heavy (non-hydrogen) atoms. The molecule has 0 spiro atoms. The summed E-state index contributed by atoms with van der Waals surface area (Å²) in [4.78, 5) is 45.1. The van der Waals surface area contributed by atoms with Gasteiger partial charge in [-0.2, -0.15) is 0 Å². The number of benzene rings is 1. The van der Waals surface area contributed by atoms with E-state index in [9.17, 15) is 24.5 Å². The Morgan fingerprint density at radius 3 is 2.43 bits per heavy atom. The number of hydrogen-bond acceptors (Lipinski definition) is 5. The standard InChI is InChI=1S/C15H19N3O5/c1-2-3-4-5-10-13(19)16-15(21)17-14(20)11-8-6-7-9-12(11)18(22)23/h6-9H,2-5,10H2,1H3,(H2,16,17,19,20,21). The van der Waals surface area contributed by atoms with Gasteiger partial charge in [-0.25, -0.2) is 4.79 Å². The predicted molar refractivity (Wildman–Crippen MR) is 82.9 cm³/mol. The minimum atomic E-state index is -0.992. The van der Waals surface area contributed by atoms with Crippen LogP contribution in [0.25, 0.3) is 0 Å². The minimum absolute atomic E-state index is 0.188. The number of urea groups is 1. The lowest BCUT2D eigenvalue weighted by atomic mass is 10.1. The maximum Gasteiger partial charge on any atom is 0.328 e. The molecule has 0 saturated carbocycles. The zero-order valence-corrected chi connectivity index (χ0v) is 12.8. The van der Waals surface area contributed by atoms with Gasteiger partial charge in [0.25, 0.3) is 11.6 Å². The first-order valence-corrected chi connectivity index (χ1v) is 7.34. The summed E-state index contributed by atoms with van der Waals surface area (Å²) in [5.41, 5.74) is -0.660. The Labute approximate surface area is 133 Å². The smallest absolute Gasteiger partial charge is 0.278 e. The van der Waals surface area contributed by atoms with E-state index >= 15 is 0 Å². The van der Waals surface area contributed by atoms with Crippen LogP contribution < -0.4 is 10.6 Å². The van der Waals surface area contributed by atoms with E-state index < -0.39 is 28.5 Å². The zero-order chi connectivity index (χ0) is 17.2. The summed E-state index contributed by atoms with van der Waals surface area (Å²) in [7, 11) is 0. The van der Waals surface area contributed by atoms with Crippen molar-refractivity contribution in [3.05, 3.63) is 39.9 Å². The highest BCUT2D eigenvalue weighted by Crippen LogP contribution is 2.17. The van der Waals surface area contributed by atoms with Gasteiger partial charge in [0.15, 0.2) is 0 Å². The topological polar surface area (TPSA) is 118 Å². The molecule has 124 valence electrons. The van der Waals surface area contributed by atoms with Gasteiger partial charge in [0.1, 0.15) is 5.56 Å². The van der Waals surface area contributed by atoms with Gasteiger partial charge in [0, 0.05) is 12.5 Å². The van der Waals surface area contributed by atoms with Crippen LogP contribution in [0.3, 0.4) is 0 Å². The number of carbonyl (C=O) groups excluding carboxylic acids is 3. The van der Waals surface area contributed by atoms with Crippen molar-refractivity contribution in [2.45, 2.75) is 39.0 Å². The second kappa shape index (κ2) is 9.29. The highest BCUT2D eigenvalue weighted by atomic mass is 16.6. The van der Waals surface area contributed by atoms with Crippen molar-refractivity contribution >= 4 is 23.5 Å². The summed E-state index contributed by atoms with van der Waals surface area (Å²) < 4.78 is 0. The van der Waals surface area contributed by atoms with Gasteiger partial charge in [-0.15, -0.1) is 0 Å². The maximum atomic E-state index is 11.9. The number of nitrogens with zero attached hydrogens (tertiary/aromatic N) is 1. The zero-order valence-electron chi connectivity index (χ0n) is 12.8. The Morgan fingerprint density at radius 1 is 1.09 bits per heavy atom. The molecule has 0 bridgehead atoms. The molecule has 0 saturated heterocycles. The van der Waals surface area contributed by atoms with E-state index in [-0.39, 0.29) is 12.0 Å². The molecule has 0 heterocycles. The summed E-state index contributed by atoms with van der Waals surface area (Å²) in [6.45, 7) is 2.04. The molecule has 2 N–H and O–H groups in total. The van der Waals surface area contributed by atoms with Crippen LogP contribution in [0.4, 0.5) is 10.5 Å². The third-order valence-electron chi connectivity index (χ3n) is 3.08. The Morgan fingerprint density at radius 2 is 1.78 bits per heavy atom. The van der Waals surface area contributed by atoms with Crippen molar-refractivity contribution in [1.82, 2.24) is 10.6 Å². The van der Waals surface area contributed by atoms with Gasteiger partial charge in [0.2, 0.25) is 5.91 Å². The fourth-order valence-corrected chi connectivity index (χ4v) is 1.93. The summed E-state index contributed by atoms with van der Waals surface area (Å²) in [6.07, 6.45) is 3.78. The van der Waals surface area contributed by atoms with Gasteiger partial charge < -0.3 is 0 Å². The van der Waals surface area contributed by atoms with E-state index in [1.807, 2.05) is 17.6 Å². The third kappa shape index (κ3) is 6.25. The van der Waals surface area contributed by atoms with Crippen LogP contribution in [0.2, 0.25) is 0 Å². The van der Waals surface area contributed by atoms with Gasteiger partial charge in [-0.05, 0) is 12.5 Å². The predicted octanol–water partition coefficient (Wildman–Crippen LogP) is 2.53. The number of carbonyl (C=O) groups is 3. The molecule has 0 aliphatic heterocycles. The molecule has 4 amide bonds. The number of nitro benzene ring substituents is 1. The lowest BCUT2D eigenvalue weighted by molar-refractivity contribution is -0.385. The van der Waals surface area contributed by atoms with Gasteiger partial charge >= 0.3 is 6.03 Å². The number of rotatable bonds is 7. The lowest BCUT2D eigenvalue weighted by Gasteiger charge is -2.06. The molecule has 1 aromatic carbocycles. The molecule has 0 aliphatic carbocycles. The second-order valence-corrected chi connectivity index (χ2v) is 4.92. The van der Waals surface area contributed by atoms with Crippen LogP contribution in [-0.4, -0.2) is 22.8 Å². The van der Waals surface area contributed by atoms with Gasteiger partial charge in [-0.1, -0.05) is 38.3 Å². The summed E-state index contributed by atoms with van der Waals surface area (Å²) in [5.74, 6) is -1.43. The maximum absolute atomic E-state index is 11.9. The number of nitro groups is 1. The SMILES string of the molecule is CCCCCCC(=O)NC(=O)NC(=O)c1ccccc1[N+](=O)[O-]. The molecule has 0 unspecified atom stereocenters. The minimum Gasteiger partial charge on any atom is -0.278 e. The monoisotopic (exact) mass is 321 g/mol. The molecular formula is C15H19N3O5. The lowest BCUT2D eigenvalue weighted by Crippen LogP contribution is -2.42. The highest BCUT2D eigenvalue weighted by molar-refractivity contribution is 6.09. The average Bonchev–Trinajstić information content (AvgIpc) is 2.51. The van der Waals surface area contributed by atoms with Crippen molar-refractivity contribution in [2.24, 2.45) is 0 Å². The van der Waals surface area contributed by atoms with Gasteiger partial charge in [-0.3, -0.25) is 30.3 Å². The van der Waals surface area contributed by atoms with Gasteiger partial charge in [0.05, 0.1) is 4.92 Å². The molecule has 1 aromatic rings. The Hall–Kier alpha value is -2.77. The van der Waals surface area contributed by atoms with Crippen LogP contribution in [0.5, 0.6) is 0 Å². The number of imide groups is 2. The number of hydrogen-bond donors (Lipinski definition) is 2. The molecule has 8 nitrogen and oxygen atoms in total. The molecule has 0 fully saturated rings. The van der Waals surface area contributed by atoms with Crippen LogP contribution >= 0.6 is 0 Å².